The van der Waals surface area contributed by atoms with Gasteiger partial charge in [0.05, 0.1) is 34.0 Å². The molecule has 1 aromatic heterocycles. The zero-order valence-electron chi connectivity index (χ0n) is 15.3. The number of nitriles is 1. The highest BCUT2D eigenvalue weighted by atomic mass is 79.9. The van der Waals surface area contributed by atoms with E-state index in [1.165, 1.54) is 11.3 Å². The first-order chi connectivity index (χ1) is 13.0. The van der Waals surface area contributed by atoms with Crippen molar-refractivity contribution in [1.29, 1.82) is 5.26 Å². The molecule has 0 unspecified atom stereocenters. The summed E-state index contributed by atoms with van der Waals surface area (Å²) in [6.07, 6.45) is 1.82. The van der Waals surface area contributed by atoms with Gasteiger partial charge in [0.25, 0.3) is 0 Å². The summed E-state index contributed by atoms with van der Waals surface area (Å²) >= 11 is 5.06. The first-order valence-electron chi connectivity index (χ1n) is 8.50. The van der Waals surface area contributed by atoms with Crippen molar-refractivity contribution in [2.45, 2.75) is 13.8 Å². The second-order valence-corrected chi connectivity index (χ2v) is 8.28. The fraction of sp³-hybridized carbons (Fsp3) is 0.238. The molecule has 1 heterocycles. The van der Waals surface area contributed by atoms with E-state index in [-0.39, 0.29) is 0 Å². The third-order valence-electron chi connectivity index (χ3n) is 3.77. The number of thiazole rings is 1. The van der Waals surface area contributed by atoms with Crippen LogP contribution in [0.15, 0.2) is 40.9 Å². The molecule has 0 atom stereocenters. The van der Waals surface area contributed by atoms with Crippen LogP contribution in [0, 0.1) is 17.2 Å². The number of ether oxygens (including phenoxy) is 2. The maximum Gasteiger partial charge on any atom is 0.175 e. The fourth-order valence-electron chi connectivity index (χ4n) is 2.51. The van der Waals surface area contributed by atoms with Crippen molar-refractivity contribution >= 4 is 49.1 Å². The number of hydrogen-bond donors (Lipinski definition) is 0. The second kappa shape index (κ2) is 8.55. The average molecular weight is 443 g/mol. The van der Waals surface area contributed by atoms with Gasteiger partial charge in [-0.3, -0.25) is 0 Å². The lowest BCUT2D eigenvalue weighted by Crippen LogP contribution is -2.06. The van der Waals surface area contributed by atoms with Gasteiger partial charge < -0.3 is 9.47 Å². The predicted octanol–water partition coefficient (Wildman–Crippen LogP) is 6.17. The van der Waals surface area contributed by atoms with E-state index >= 15 is 0 Å². The zero-order valence-corrected chi connectivity index (χ0v) is 17.7. The molecule has 0 spiro atoms. The van der Waals surface area contributed by atoms with Crippen LogP contribution < -0.4 is 9.47 Å². The van der Waals surface area contributed by atoms with Gasteiger partial charge in [-0.05, 0) is 57.8 Å². The lowest BCUT2D eigenvalue weighted by Gasteiger charge is -2.15. The molecule has 0 aliphatic rings. The number of methoxy groups -OCH3 is 1. The topological polar surface area (TPSA) is 55.1 Å². The molecular formula is C21H19BrN2O2S. The standard InChI is InChI=1S/C21H19BrN2O2S/c1-13(2)12-26-20-16(22)9-14(10-18(20)25-3)8-15(11-23)21-24-17-6-4-5-7-19(17)27-21/h4-10,13H,12H2,1-3H3/b15-8+. The molecule has 2 aromatic carbocycles. The van der Waals surface area contributed by atoms with Gasteiger partial charge in [-0.25, -0.2) is 4.98 Å². The van der Waals surface area contributed by atoms with Crippen LogP contribution in [0.3, 0.4) is 0 Å². The van der Waals surface area contributed by atoms with Gasteiger partial charge in [0.1, 0.15) is 11.1 Å². The van der Waals surface area contributed by atoms with Crippen molar-refractivity contribution in [3.63, 3.8) is 0 Å². The Kier molecular flexibility index (Phi) is 6.15. The molecule has 3 aromatic rings. The highest BCUT2D eigenvalue weighted by Crippen LogP contribution is 2.38. The first-order valence-corrected chi connectivity index (χ1v) is 10.1. The molecule has 0 saturated heterocycles. The molecular weight excluding hydrogens is 424 g/mol. The molecule has 6 heteroatoms. The molecule has 0 fully saturated rings. The Labute approximate surface area is 171 Å². The van der Waals surface area contributed by atoms with Crippen LogP contribution in [0.25, 0.3) is 21.9 Å². The van der Waals surface area contributed by atoms with Crippen LogP contribution in [0.4, 0.5) is 0 Å². The molecule has 0 saturated carbocycles. The Morgan fingerprint density at radius 3 is 2.78 bits per heavy atom. The van der Waals surface area contributed by atoms with Gasteiger partial charge in [0.2, 0.25) is 0 Å². The Balaban J connectivity index is 1.99. The fourth-order valence-corrected chi connectivity index (χ4v) is 4.01. The lowest BCUT2D eigenvalue weighted by molar-refractivity contribution is 0.255. The summed E-state index contributed by atoms with van der Waals surface area (Å²) in [5.41, 5.74) is 2.25. The number of hydrogen-bond acceptors (Lipinski definition) is 5. The van der Waals surface area contributed by atoms with E-state index in [4.69, 9.17) is 9.47 Å². The van der Waals surface area contributed by atoms with Gasteiger partial charge in [-0.1, -0.05) is 26.0 Å². The molecule has 0 bridgehead atoms. The minimum atomic E-state index is 0.408. The van der Waals surface area contributed by atoms with E-state index in [1.54, 1.807) is 7.11 Å². The van der Waals surface area contributed by atoms with Crippen LogP contribution in [-0.4, -0.2) is 18.7 Å². The summed E-state index contributed by atoms with van der Waals surface area (Å²) < 4.78 is 13.2. The maximum atomic E-state index is 9.64. The molecule has 3 rings (SSSR count). The molecule has 0 radical (unpaired) electrons. The van der Waals surface area contributed by atoms with Gasteiger partial charge in [0.15, 0.2) is 11.5 Å². The van der Waals surface area contributed by atoms with Gasteiger partial charge in [-0.2, -0.15) is 5.26 Å². The van der Waals surface area contributed by atoms with Crippen molar-refractivity contribution in [3.05, 3.63) is 51.4 Å². The zero-order chi connectivity index (χ0) is 19.4. The first kappa shape index (κ1) is 19.4. The van der Waals surface area contributed by atoms with Crippen LogP contribution in [0.5, 0.6) is 11.5 Å². The van der Waals surface area contributed by atoms with Gasteiger partial charge >= 0.3 is 0 Å². The minimum Gasteiger partial charge on any atom is -0.493 e. The summed E-state index contributed by atoms with van der Waals surface area (Å²) in [6, 6.07) is 13.9. The number of benzene rings is 2. The lowest BCUT2D eigenvalue weighted by atomic mass is 10.1. The number of rotatable bonds is 6. The van der Waals surface area contributed by atoms with Crippen molar-refractivity contribution in [1.82, 2.24) is 4.98 Å². The van der Waals surface area contributed by atoms with E-state index < -0.39 is 0 Å². The van der Waals surface area contributed by atoms with Gasteiger partial charge in [0, 0.05) is 0 Å². The molecule has 138 valence electrons. The van der Waals surface area contributed by atoms with Crippen molar-refractivity contribution in [2.75, 3.05) is 13.7 Å². The monoisotopic (exact) mass is 442 g/mol. The number of allylic oxidation sites excluding steroid dienone is 1. The molecule has 4 nitrogen and oxygen atoms in total. The Morgan fingerprint density at radius 2 is 2.11 bits per heavy atom. The van der Waals surface area contributed by atoms with Crippen LogP contribution in [-0.2, 0) is 0 Å². The summed E-state index contributed by atoms with van der Waals surface area (Å²) in [7, 11) is 1.61. The minimum absolute atomic E-state index is 0.408. The quantitative estimate of drug-likeness (QED) is 0.428. The molecule has 0 N–H and O–H groups in total. The number of halogens is 1. The summed E-state index contributed by atoms with van der Waals surface area (Å²) in [5.74, 6) is 1.70. The predicted molar refractivity (Wildman–Crippen MR) is 114 cm³/mol. The summed E-state index contributed by atoms with van der Waals surface area (Å²) in [4.78, 5) is 4.57. The number of para-hydroxylation sites is 1. The SMILES string of the molecule is COc1cc(/C=C(\C#N)c2nc3ccccc3s2)cc(Br)c1OCC(C)C. The third kappa shape index (κ3) is 4.49. The maximum absolute atomic E-state index is 9.64. The second-order valence-electron chi connectivity index (χ2n) is 6.40. The van der Waals surface area contributed by atoms with E-state index in [0.717, 1.165) is 20.3 Å². The largest absolute Gasteiger partial charge is 0.493 e. The number of nitrogens with zero attached hydrogens (tertiary/aromatic N) is 2. The molecule has 0 aliphatic heterocycles. The summed E-state index contributed by atoms with van der Waals surface area (Å²) in [5, 5.41) is 10.3. The van der Waals surface area contributed by atoms with Crippen molar-refractivity contribution < 1.29 is 9.47 Å². The Morgan fingerprint density at radius 1 is 1.33 bits per heavy atom. The van der Waals surface area contributed by atoms with Crippen LogP contribution in [0.2, 0.25) is 0 Å². The molecule has 0 aliphatic carbocycles. The summed E-state index contributed by atoms with van der Waals surface area (Å²) in [6.45, 7) is 4.78. The highest BCUT2D eigenvalue weighted by molar-refractivity contribution is 9.10. The van der Waals surface area contributed by atoms with Crippen molar-refractivity contribution in [2.24, 2.45) is 5.92 Å². The van der Waals surface area contributed by atoms with Crippen LogP contribution in [0.1, 0.15) is 24.4 Å². The third-order valence-corrected chi connectivity index (χ3v) is 5.43. The normalized spacial score (nSPS) is 11.6. The van der Waals surface area contributed by atoms with Crippen molar-refractivity contribution in [3.8, 4) is 17.6 Å². The van der Waals surface area contributed by atoms with Gasteiger partial charge in [-0.15, -0.1) is 11.3 Å². The van der Waals surface area contributed by atoms with E-state index in [9.17, 15) is 5.26 Å². The Bertz CT molecular complexity index is 1000. The molecule has 0 amide bonds. The molecule has 27 heavy (non-hydrogen) atoms. The smallest absolute Gasteiger partial charge is 0.175 e. The van der Waals surface area contributed by atoms with Crippen LogP contribution >= 0.6 is 27.3 Å². The Hall–Kier alpha value is -2.36. The van der Waals surface area contributed by atoms with E-state index in [0.29, 0.717) is 34.6 Å². The average Bonchev–Trinajstić information content (AvgIpc) is 3.08. The number of fused-ring (bicyclic) bond motifs is 1. The van der Waals surface area contributed by atoms with E-state index in [2.05, 4.69) is 40.8 Å². The van der Waals surface area contributed by atoms with E-state index in [1.807, 2.05) is 42.5 Å². The highest BCUT2D eigenvalue weighted by Gasteiger charge is 2.14. The number of aromatic nitrogens is 1.